The smallest absolute Gasteiger partial charge is 0.314 e. The maximum atomic E-state index is 11.8. The van der Waals surface area contributed by atoms with E-state index >= 15 is 0 Å². The molecule has 1 aromatic carbocycles. The number of nitrogens with zero attached hydrogens (tertiary/aromatic N) is 1. The van der Waals surface area contributed by atoms with E-state index in [1.807, 2.05) is 6.07 Å². The Morgan fingerprint density at radius 2 is 2.00 bits per heavy atom. The van der Waals surface area contributed by atoms with Gasteiger partial charge in [0.2, 0.25) is 0 Å². The van der Waals surface area contributed by atoms with E-state index in [4.69, 9.17) is 10.00 Å². The van der Waals surface area contributed by atoms with Crippen molar-refractivity contribution in [1.82, 2.24) is 0 Å². The van der Waals surface area contributed by atoms with E-state index in [0.717, 1.165) is 0 Å². The number of Topliss-reactive ketones (excluding diaryl/α,β-unsaturated/α-hetero) is 1. The van der Waals surface area contributed by atoms with E-state index < -0.39 is 11.6 Å². The van der Waals surface area contributed by atoms with Gasteiger partial charge in [0.1, 0.15) is 12.0 Å². The van der Waals surface area contributed by atoms with E-state index in [9.17, 15) is 9.59 Å². The van der Waals surface area contributed by atoms with Gasteiger partial charge in [0.15, 0.2) is 5.78 Å². The van der Waals surface area contributed by atoms with E-state index in [2.05, 4.69) is 0 Å². The molecule has 0 unspecified atom stereocenters. The van der Waals surface area contributed by atoms with Crippen molar-refractivity contribution in [3.63, 3.8) is 0 Å². The standard InChI is InChI=1S/C14H15NO3/c1-14(2,3)18-13(17)8-12(16)11-6-4-5-10(7-11)9-15/h4-7H,8H2,1-3H3. The summed E-state index contributed by atoms with van der Waals surface area (Å²) in [6, 6.07) is 8.20. The molecular weight excluding hydrogens is 230 g/mol. The maximum Gasteiger partial charge on any atom is 0.314 e. The Kier molecular flexibility index (Phi) is 4.22. The Morgan fingerprint density at radius 1 is 1.33 bits per heavy atom. The first-order chi connectivity index (χ1) is 8.31. The minimum absolute atomic E-state index is 0.313. The van der Waals surface area contributed by atoms with Crippen molar-refractivity contribution < 1.29 is 14.3 Å². The monoisotopic (exact) mass is 245 g/mol. The van der Waals surface area contributed by atoms with Crippen LogP contribution in [0.15, 0.2) is 24.3 Å². The lowest BCUT2D eigenvalue weighted by atomic mass is 10.1. The van der Waals surface area contributed by atoms with Gasteiger partial charge in [-0.05, 0) is 32.9 Å². The lowest BCUT2D eigenvalue weighted by Crippen LogP contribution is -2.25. The molecule has 0 N–H and O–H groups in total. The Labute approximate surface area is 106 Å². The average Bonchev–Trinajstić information content (AvgIpc) is 2.26. The summed E-state index contributed by atoms with van der Waals surface area (Å²) in [5.41, 5.74) is 0.135. The molecule has 0 amide bonds. The maximum absolute atomic E-state index is 11.8. The summed E-state index contributed by atoms with van der Waals surface area (Å²) in [4.78, 5) is 23.3. The second-order valence-electron chi connectivity index (χ2n) is 4.88. The number of ketones is 1. The summed E-state index contributed by atoms with van der Waals surface area (Å²) in [5.74, 6) is -0.906. The molecule has 1 rings (SSSR count). The van der Waals surface area contributed by atoms with Gasteiger partial charge in [0.25, 0.3) is 0 Å². The molecule has 0 aliphatic carbocycles. The number of carbonyl (C=O) groups is 2. The van der Waals surface area contributed by atoms with Gasteiger partial charge in [-0.15, -0.1) is 0 Å². The first-order valence-corrected chi connectivity index (χ1v) is 5.57. The highest BCUT2D eigenvalue weighted by Crippen LogP contribution is 2.11. The number of esters is 1. The summed E-state index contributed by atoms with van der Waals surface area (Å²) < 4.78 is 5.06. The number of hydrogen-bond acceptors (Lipinski definition) is 4. The molecule has 0 aromatic heterocycles. The predicted octanol–water partition coefficient (Wildman–Crippen LogP) is 2.47. The number of ether oxygens (including phenoxy) is 1. The summed E-state index contributed by atoms with van der Waals surface area (Å²) in [6.07, 6.45) is -0.313. The van der Waals surface area contributed by atoms with Crippen molar-refractivity contribution in [3.8, 4) is 6.07 Å². The minimum atomic E-state index is -0.605. The van der Waals surface area contributed by atoms with Crippen LogP contribution in [0.5, 0.6) is 0 Å². The molecule has 94 valence electrons. The molecule has 1 aromatic rings. The molecule has 0 fully saturated rings. The Balaban J connectivity index is 2.71. The highest BCUT2D eigenvalue weighted by Gasteiger charge is 2.19. The first-order valence-electron chi connectivity index (χ1n) is 5.57. The summed E-state index contributed by atoms with van der Waals surface area (Å²) >= 11 is 0. The van der Waals surface area contributed by atoms with Crippen LogP contribution < -0.4 is 0 Å². The number of hydrogen-bond donors (Lipinski definition) is 0. The number of nitriles is 1. The first kappa shape index (κ1) is 13.9. The van der Waals surface area contributed by atoms with Crippen molar-refractivity contribution in [2.45, 2.75) is 32.8 Å². The lowest BCUT2D eigenvalue weighted by molar-refractivity contribution is -0.153. The summed E-state index contributed by atoms with van der Waals surface area (Å²) in [6.45, 7) is 5.23. The predicted molar refractivity (Wildman–Crippen MR) is 65.9 cm³/mol. The van der Waals surface area contributed by atoms with Crippen molar-refractivity contribution in [2.24, 2.45) is 0 Å². The normalized spacial score (nSPS) is 10.6. The zero-order chi connectivity index (χ0) is 13.8. The minimum Gasteiger partial charge on any atom is -0.460 e. The van der Waals surface area contributed by atoms with Crippen LogP contribution >= 0.6 is 0 Å². The third kappa shape index (κ3) is 4.38. The van der Waals surface area contributed by atoms with Gasteiger partial charge in [0.05, 0.1) is 11.6 Å². The molecule has 0 heterocycles. The van der Waals surface area contributed by atoms with Gasteiger partial charge in [0, 0.05) is 5.56 Å². The molecule has 0 radical (unpaired) electrons. The molecule has 0 atom stereocenters. The highest BCUT2D eigenvalue weighted by molar-refractivity contribution is 6.06. The van der Waals surface area contributed by atoms with Crippen LogP contribution in [0.4, 0.5) is 0 Å². The topological polar surface area (TPSA) is 67.2 Å². The van der Waals surface area contributed by atoms with Gasteiger partial charge in [-0.2, -0.15) is 5.26 Å². The molecule has 0 saturated carbocycles. The van der Waals surface area contributed by atoms with Gasteiger partial charge >= 0.3 is 5.97 Å². The largest absolute Gasteiger partial charge is 0.460 e. The van der Waals surface area contributed by atoms with Crippen molar-refractivity contribution in [2.75, 3.05) is 0 Å². The molecule has 0 saturated heterocycles. The molecule has 0 bridgehead atoms. The quantitative estimate of drug-likeness (QED) is 0.466. The molecule has 18 heavy (non-hydrogen) atoms. The molecule has 4 heteroatoms. The van der Waals surface area contributed by atoms with Crippen molar-refractivity contribution in [1.29, 1.82) is 5.26 Å². The second-order valence-corrected chi connectivity index (χ2v) is 4.88. The van der Waals surface area contributed by atoms with Crippen LogP contribution in [0.1, 0.15) is 43.1 Å². The average molecular weight is 245 g/mol. The summed E-state index contributed by atoms with van der Waals surface area (Å²) in [7, 11) is 0. The summed E-state index contributed by atoms with van der Waals surface area (Å²) in [5, 5.41) is 8.73. The molecule has 0 spiro atoms. The Morgan fingerprint density at radius 3 is 2.56 bits per heavy atom. The van der Waals surface area contributed by atoms with Gasteiger partial charge < -0.3 is 4.74 Å². The molecule has 0 aliphatic rings. The van der Waals surface area contributed by atoms with Crippen LogP contribution in [0, 0.1) is 11.3 Å². The van der Waals surface area contributed by atoms with E-state index in [1.165, 1.54) is 6.07 Å². The highest BCUT2D eigenvalue weighted by atomic mass is 16.6. The van der Waals surface area contributed by atoms with Crippen molar-refractivity contribution in [3.05, 3.63) is 35.4 Å². The van der Waals surface area contributed by atoms with Gasteiger partial charge in [-0.25, -0.2) is 0 Å². The van der Waals surface area contributed by atoms with Crippen LogP contribution in [0.25, 0.3) is 0 Å². The van der Waals surface area contributed by atoms with E-state index in [-0.39, 0.29) is 12.2 Å². The van der Waals surface area contributed by atoms with Gasteiger partial charge in [-0.1, -0.05) is 12.1 Å². The molecular formula is C14H15NO3. The Bertz CT molecular complexity index is 507. The fraction of sp³-hybridized carbons (Fsp3) is 0.357. The zero-order valence-electron chi connectivity index (χ0n) is 10.7. The van der Waals surface area contributed by atoms with E-state index in [1.54, 1.807) is 39.0 Å². The fourth-order valence-electron chi connectivity index (χ4n) is 1.37. The Hall–Kier alpha value is -2.15. The van der Waals surface area contributed by atoms with Gasteiger partial charge in [-0.3, -0.25) is 9.59 Å². The van der Waals surface area contributed by atoms with E-state index in [0.29, 0.717) is 11.1 Å². The van der Waals surface area contributed by atoms with Crippen LogP contribution in [0.3, 0.4) is 0 Å². The molecule has 0 aliphatic heterocycles. The van der Waals surface area contributed by atoms with Crippen molar-refractivity contribution >= 4 is 11.8 Å². The second kappa shape index (κ2) is 5.46. The number of benzene rings is 1. The lowest BCUT2D eigenvalue weighted by Gasteiger charge is -2.19. The molecule has 4 nitrogen and oxygen atoms in total. The third-order valence-corrected chi connectivity index (χ3v) is 2.04. The number of rotatable bonds is 3. The fourth-order valence-corrected chi connectivity index (χ4v) is 1.37. The van der Waals surface area contributed by atoms with Crippen LogP contribution in [0.2, 0.25) is 0 Å². The van der Waals surface area contributed by atoms with Crippen LogP contribution in [-0.2, 0) is 9.53 Å². The number of carbonyl (C=O) groups excluding carboxylic acids is 2. The third-order valence-electron chi connectivity index (χ3n) is 2.04. The SMILES string of the molecule is CC(C)(C)OC(=O)CC(=O)c1cccc(C#N)c1. The zero-order valence-corrected chi connectivity index (χ0v) is 10.7. The van der Waals surface area contributed by atoms with Crippen LogP contribution in [-0.4, -0.2) is 17.4 Å².